The van der Waals surface area contributed by atoms with Crippen LogP contribution in [0.4, 0.5) is 0 Å². The van der Waals surface area contributed by atoms with Crippen molar-refractivity contribution in [2.45, 2.75) is 55.9 Å². The fourth-order valence-corrected chi connectivity index (χ4v) is 6.77. The van der Waals surface area contributed by atoms with Gasteiger partial charge in [-0.3, -0.25) is 0 Å². The highest BCUT2D eigenvalue weighted by atomic mass is 35.5. The zero-order chi connectivity index (χ0) is 19.6. The van der Waals surface area contributed by atoms with Crippen molar-refractivity contribution in [2.75, 3.05) is 0 Å². The van der Waals surface area contributed by atoms with Crippen LogP contribution in [-0.2, 0) is 17.4 Å². The molecule has 4 aliphatic rings. The first-order valence-corrected chi connectivity index (χ1v) is 10.9. The second kappa shape index (κ2) is 6.29. The van der Waals surface area contributed by atoms with E-state index >= 15 is 0 Å². The Hall–Kier alpha value is -1.92. The molecule has 4 bridgehead atoms. The Morgan fingerprint density at radius 1 is 1.03 bits per heavy atom. The molecule has 0 amide bonds. The van der Waals surface area contributed by atoms with E-state index in [0.717, 1.165) is 48.6 Å². The highest BCUT2D eigenvalue weighted by Gasteiger charge is 2.61. The van der Waals surface area contributed by atoms with Gasteiger partial charge in [0.15, 0.2) is 0 Å². The van der Waals surface area contributed by atoms with E-state index in [0.29, 0.717) is 29.4 Å². The first kappa shape index (κ1) is 17.9. The third kappa shape index (κ3) is 2.91. The second-order valence-corrected chi connectivity index (χ2v) is 10.0. The summed E-state index contributed by atoms with van der Waals surface area (Å²) >= 11 is 12.0. The van der Waals surface area contributed by atoms with Crippen molar-refractivity contribution in [2.24, 2.45) is 11.8 Å². The molecule has 1 aromatic carbocycles. The van der Waals surface area contributed by atoms with Crippen molar-refractivity contribution in [1.29, 1.82) is 0 Å². The SMILES string of the molecule is Clc1ccc(Cc2nnc(C34C[C@H]5C[C@H](C3)CC(n3cnc(Cl)n3)(C5)C4)o2)cc1. The van der Waals surface area contributed by atoms with Crippen molar-refractivity contribution >= 4 is 23.2 Å². The van der Waals surface area contributed by atoms with Gasteiger partial charge in [0.25, 0.3) is 0 Å². The molecule has 0 saturated heterocycles. The lowest BCUT2D eigenvalue weighted by atomic mass is 9.47. The van der Waals surface area contributed by atoms with Crippen molar-refractivity contribution in [3.05, 3.63) is 58.2 Å². The van der Waals surface area contributed by atoms with Gasteiger partial charge in [0.2, 0.25) is 17.1 Å². The van der Waals surface area contributed by atoms with Gasteiger partial charge in [0.05, 0.1) is 17.4 Å². The van der Waals surface area contributed by atoms with E-state index in [1.54, 1.807) is 6.33 Å². The minimum Gasteiger partial charge on any atom is -0.424 e. The predicted octanol–water partition coefficient (Wildman–Crippen LogP) is 4.81. The number of nitrogens with zero attached hydrogens (tertiary/aromatic N) is 5. The Balaban J connectivity index is 1.32. The standard InChI is InChI=1S/C21H21Cl2N5O/c22-16-3-1-13(2-4-16)6-17-25-26-18(29-17)20-7-14-5-15(8-20)10-21(9-14,11-20)28-12-24-19(23)27-28/h1-4,12,14-15H,5-11H2/t14-,15-,20?,21?/m1/s1. The minimum absolute atomic E-state index is 0.0327. The summed E-state index contributed by atoms with van der Waals surface area (Å²) in [5, 5.41) is 14.5. The van der Waals surface area contributed by atoms with E-state index in [4.69, 9.17) is 27.6 Å². The molecule has 0 unspecified atom stereocenters. The Morgan fingerprint density at radius 2 is 1.79 bits per heavy atom. The van der Waals surface area contributed by atoms with Crippen LogP contribution in [-0.4, -0.2) is 25.0 Å². The highest BCUT2D eigenvalue weighted by molar-refractivity contribution is 6.30. The molecule has 3 aromatic rings. The fourth-order valence-electron chi connectivity index (χ4n) is 6.52. The van der Waals surface area contributed by atoms with Gasteiger partial charge in [0, 0.05) is 5.02 Å². The Bertz CT molecular complexity index is 1050. The maximum atomic E-state index is 6.26. The van der Waals surface area contributed by atoms with Crippen LogP contribution in [0.15, 0.2) is 35.0 Å². The topological polar surface area (TPSA) is 69.6 Å². The maximum Gasteiger partial charge on any atom is 0.242 e. The average Bonchev–Trinajstić information content (AvgIpc) is 3.33. The highest BCUT2D eigenvalue weighted by Crippen LogP contribution is 2.64. The zero-order valence-electron chi connectivity index (χ0n) is 15.9. The van der Waals surface area contributed by atoms with Crippen LogP contribution in [0.25, 0.3) is 0 Å². The minimum atomic E-state index is -0.0618. The molecule has 2 atom stereocenters. The van der Waals surface area contributed by atoms with Crippen LogP contribution >= 0.6 is 23.2 Å². The molecule has 4 aliphatic carbocycles. The first-order valence-electron chi connectivity index (χ1n) is 10.2. The van der Waals surface area contributed by atoms with Crippen LogP contribution in [0.2, 0.25) is 10.3 Å². The summed E-state index contributed by atoms with van der Waals surface area (Å²) in [5.41, 5.74) is 1.02. The molecular formula is C21H21Cl2N5O. The normalized spacial score (nSPS) is 32.8. The Kier molecular flexibility index (Phi) is 3.88. The molecule has 2 heterocycles. The summed E-state index contributed by atoms with van der Waals surface area (Å²) < 4.78 is 8.28. The van der Waals surface area contributed by atoms with Gasteiger partial charge in [-0.05, 0) is 79.7 Å². The van der Waals surface area contributed by atoms with E-state index in [9.17, 15) is 0 Å². The average molecular weight is 430 g/mol. The largest absolute Gasteiger partial charge is 0.424 e. The van der Waals surface area contributed by atoms with Gasteiger partial charge in [-0.25, -0.2) is 9.67 Å². The zero-order valence-corrected chi connectivity index (χ0v) is 17.4. The number of halogens is 2. The summed E-state index contributed by atoms with van der Waals surface area (Å²) in [5.74, 6) is 2.78. The molecule has 0 aliphatic heterocycles. The Morgan fingerprint density at radius 3 is 2.48 bits per heavy atom. The summed E-state index contributed by atoms with van der Waals surface area (Å²) in [4.78, 5) is 4.18. The van der Waals surface area contributed by atoms with E-state index < -0.39 is 0 Å². The van der Waals surface area contributed by atoms with Crippen LogP contribution < -0.4 is 0 Å². The molecule has 150 valence electrons. The quantitative estimate of drug-likeness (QED) is 0.595. The van der Waals surface area contributed by atoms with E-state index in [1.807, 2.05) is 28.9 Å². The predicted molar refractivity (Wildman–Crippen MR) is 108 cm³/mol. The third-order valence-electron chi connectivity index (χ3n) is 7.17. The molecule has 2 aromatic heterocycles. The number of hydrogen-bond donors (Lipinski definition) is 0. The van der Waals surface area contributed by atoms with Crippen molar-refractivity contribution in [1.82, 2.24) is 25.0 Å². The van der Waals surface area contributed by atoms with Crippen molar-refractivity contribution in [3.8, 4) is 0 Å². The van der Waals surface area contributed by atoms with E-state index in [-0.39, 0.29) is 11.0 Å². The molecule has 0 spiro atoms. The smallest absolute Gasteiger partial charge is 0.242 e. The summed E-state index contributed by atoms with van der Waals surface area (Å²) in [6.45, 7) is 0. The lowest BCUT2D eigenvalue weighted by Crippen LogP contribution is -2.58. The van der Waals surface area contributed by atoms with Crippen LogP contribution in [0.1, 0.15) is 55.9 Å². The number of hydrogen-bond acceptors (Lipinski definition) is 5. The van der Waals surface area contributed by atoms with Gasteiger partial charge >= 0.3 is 0 Å². The molecule has 4 fully saturated rings. The van der Waals surface area contributed by atoms with E-state index in [1.165, 1.54) is 6.42 Å². The summed E-state index contributed by atoms with van der Waals surface area (Å²) in [7, 11) is 0. The molecular weight excluding hydrogens is 409 g/mol. The number of rotatable bonds is 4. The fraction of sp³-hybridized carbons (Fsp3) is 0.524. The van der Waals surface area contributed by atoms with Gasteiger partial charge in [0.1, 0.15) is 6.33 Å². The Labute approximate surface area is 178 Å². The summed E-state index contributed by atoms with van der Waals surface area (Å²) in [6, 6.07) is 7.78. The molecule has 29 heavy (non-hydrogen) atoms. The lowest BCUT2D eigenvalue weighted by molar-refractivity contribution is -0.0775. The third-order valence-corrected chi connectivity index (χ3v) is 7.59. The second-order valence-electron chi connectivity index (χ2n) is 9.23. The van der Waals surface area contributed by atoms with Crippen LogP contribution in [0, 0.1) is 11.8 Å². The molecule has 0 N–H and O–H groups in total. The van der Waals surface area contributed by atoms with Crippen molar-refractivity contribution in [3.63, 3.8) is 0 Å². The van der Waals surface area contributed by atoms with Gasteiger partial charge in [-0.15, -0.1) is 15.3 Å². The van der Waals surface area contributed by atoms with Crippen LogP contribution in [0.5, 0.6) is 0 Å². The molecule has 8 heteroatoms. The van der Waals surface area contributed by atoms with Gasteiger partial charge < -0.3 is 4.42 Å². The summed E-state index contributed by atoms with van der Waals surface area (Å²) in [6.07, 6.45) is 9.19. The lowest BCUT2D eigenvalue weighted by Gasteiger charge is -2.60. The molecule has 7 rings (SSSR count). The number of aromatic nitrogens is 5. The molecule has 0 radical (unpaired) electrons. The van der Waals surface area contributed by atoms with E-state index in [2.05, 4.69) is 20.3 Å². The first-order chi connectivity index (χ1) is 14.0. The number of benzene rings is 1. The van der Waals surface area contributed by atoms with Gasteiger partial charge in [-0.1, -0.05) is 23.7 Å². The van der Waals surface area contributed by atoms with Crippen LogP contribution in [0.3, 0.4) is 0 Å². The molecule has 4 saturated carbocycles. The monoisotopic (exact) mass is 429 g/mol. The van der Waals surface area contributed by atoms with Crippen molar-refractivity contribution < 1.29 is 4.42 Å². The molecule has 6 nitrogen and oxygen atoms in total. The van der Waals surface area contributed by atoms with Gasteiger partial charge in [-0.2, -0.15) is 0 Å². The maximum absolute atomic E-state index is 6.26.